The van der Waals surface area contributed by atoms with Gasteiger partial charge >= 0.3 is 0 Å². The summed E-state index contributed by atoms with van der Waals surface area (Å²) < 4.78 is 0. The first-order valence-electron chi connectivity index (χ1n) is 3.86. The molecule has 0 bridgehead atoms. The van der Waals surface area contributed by atoms with E-state index in [-0.39, 0.29) is 0 Å². The predicted octanol–water partition coefficient (Wildman–Crippen LogP) is 1.39. The summed E-state index contributed by atoms with van der Waals surface area (Å²) in [5.74, 6) is 0. The first-order chi connectivity index (χ1) is 4.43. The Labute approximate surface area is 59.6 Å². The van der Waals surface area contributed by atoms with Gasteiger partial charge < -0.3 is 4.90 Å². The fraction of sp³-hybridized carbons (Fsp3) is 1.00. The Morgan fingerprint density at radius 3 is 2.56 bits per heavy atom. The molecule has 0 unspecified atom stereocenters. The van der Waals surface area contributed by atoms with Gasteiger partial charge in [-0.25, -0.2) is 0 Å². The molecule has 0 amide bonds. The number of hydrogen-bond donors (Lipinski definition) is 0. The van der Waals surface area contributed by atoms with Crippen molar-refractivity contribution in [1.82, 2.24) is 4.90 Å². The fourth-order valence-corrected chi connectivity index (χ4v) is 2.45. The van der Waals surface area contributed by atoms with E-state index >= 15 is 0 Å². The van der Waals surface area contributed by atoms with Crippen LogP contribution < -0.4 is 0 Å². The quantitative estimate of drug-likeness (QED) is 0.531. The molecule has 0 atom stereocenters. The summed E-state index contributed by atoms with van der Waals surface area (Å²) in [6.07, 6.45) is 4.24. The van der Waals surface area contributed by atoms with Gasteiger partial charge in [-0.3, -0.25) is 0 Å². The van der Waals surface area contributed by atoms with Gasteiger partial charge in [0.05, 0.1) is 0 Å². The molecule has 0 spiro atoms. The van der Waals surface area contributed by atoms with E-state index in [9.17, 15) is 0 Å². The molecule has 0 aromatic carbocycles. The van der Waals surface area contributed by atoms with Gasteiger partial charge in [-0.1, -0.05) is 6.92 Å². The molecule has 1 saturated heterocycles. The van der Waals surface area contributed by atoms with Crippen molar-refractivity contribution in [1.29, 1.82) is 0 Å². The maximum Gasteiger partial charge on any atom is 0.00184 e. The van der Waals surface area contributed by atoms with Crippen LogP contribution in [-0.4, -0.2) is 36.9 Å². The average Bonchev–Trinajstić information content (AvgIpc) is 1.91. The standard InChI is InChI=1S/C7H16NP/c1-2-3-8-4-6-9-7-5-8/h9H,2-7H2,1H3. The van der Waals surface area contributed by atoms with E-state index in [0.29, 0.717) is 0 Å². The van der Waals surface area contributed by atoms with Crippen molar-refractivity contribution in [2.45, 2.75) is 13.3 Å². The van der Waals surface area contributed by atoms with Gasteiger partial charge in [-0.05, 0) is 25.3 Å². The molecule has 0 saturated carbocycles. The summed E-state index contributed by atoms with van der Waals surface area (Å²) in [6, 6.07) is 0. The van der Waals surface area contributed by atoms with Crippen molar-refractivity contribution >= 4 is 8.58 Å². The molecule has 1 heterocycles. The molecule has 1 fully saturated rings. The highest BCUT2D eigenvalue weighted by molar-refractivity contribution is 7.38. The summed E-state index contributed by atoms with van der Waals surface area (Å²) in [7, 11) is 1.25. The first-order valence-corrected chi connectivity index (χ1v) is 5.28. The van der Waals surface area contributed by atoms with Gasteiger partial charge in [0.15, 0.2) is 0 Å². The van der Waals surface area contributed by atoms with Gasteiger partial charge in [0.25, 0.3) is 0 Å². The zero-order valence-electron chi connectivity index (χ0n) is 6.19. The Hall–Kier alpha value is 0.390. The highest BCUT2D eigenvalue weighted by atomic mass is 31.1. The maximum atomic E-state index is 2.58. The van der Waals surface area contributed by atoms with Crippen LogP contribution in [0.3, 0.4) is 0 Å². The highest BCUT2D eigenvalue weighted by Crippen LogP contribution is 2.15. The molecule has 0 aromatic rings. The topological polar surface area (TPSA) is 3.24 Å². The summed E-state index contributed by atoms with van der Waals surface area (Å²) in [6.45, 7) is 6.32. The molecule has 9 heavy (non-hydrogen) atoms. The van der Waals surface area contributed by atoms with Crippen molar-refractivity contribution in [3.8, 4) is 0 Å². The van der Waals surface area contributed by atoms with Crippen LogP contribution in [0, 0.1) is 0 Å². The second kappa shape index (κ2) is 4.24. The van der Waals surface area contributed by atoms with Crippen LogP contribution >= 0.6 is 8.58 Å². The van der Waals surface area contributed by atoms with Crippen LogP contribution in [0.1, 0.15) is 13.3 Å². The van der Waals surface area contributed by atoms with Crippen LogP contribution in [0.2, 0.25) is 0 Å². The van der Waals surface area contributed by atoms with Crippen molar-refractivity contribution in [3.63, 3.8) is 0 Å². The fourth-order valence-electron chi connectivity index (χ4n) is 1.25. The Kier molecular flexibility index (Phi) is 3.54. The summed E-state index contributed by atoms with van der Waals surface area (Å²) in [4.78, 5) is 2.58. The minimum absolute atomic E-state index is 1.25. The van der Waals surface area contributed by atoms with Gasteiger partial charge in [0.2, 0.25) is 0 Å². The smallest absolute Gasteiger partial charge is 0.00184 e. The molecule has 0 radical (unpaired) electrons. The average molecular weight is 145 g/mol. The van der Waals surface area contributed by atoms with Crippen molar-refractivity contribution in [3.05, 3.63) is 0 Å². The molecular formula is C7H16NP. The van der Waals surface area contributed by atoms with E-state index in [1.165, 1.54) is 47.0 Å². The van der Waals surface area contributed by atoms with E-state index in [1.807, 2.05) is 0 Å². The lowest BCUT2D eigenvalue weighted by atomic mass is 10.4. The molecule has 0 aromatic heterocycles. The van der Waals surface area contributed by atoms with Crippen molar-refractivity contribution in [2.24, 2.45) is 0 Å². The molecule has 1 aliphatic rings. The number of hydrogen-bond acceptors (Lipinski definition) is 1. The molecule has 1 rings (SSSR count). The zero-order chi connectivity index (χ0) is 6.53. The molecular weight excluding hydrogens is 129 g/mol. The second-order valence-electron chi connectivity index (χ2n) is 2.59. The largest absolute Gasteiger partial charge is 0.303 e. The molecule has 1 aliphatic heterocycles. The van der Waals surface area contributed by atoms with E-state index in [0.717, 1.165) is 0 Å². The Balaban J connectivity index is 2.08. The third-order valence-corrected chi connectivity index (χ3v) is 2.90. The van der Waals surface area contributed by atoms with Crippen LogP contribution in [0.15, 0.2) is 0 Å². The van der Waals surface area contributed by atoms with E-state index < -0.39 is 0 Å². The molecule has 0 N–H and O–H groups in total. The maximum absolute atomic E-state index is 2.58. The second-order valence-corrected chi connectivity index (χ2v) is 4.09. The van der Waals surface area contributed by atoms with Crippen molar-refractivity contribution in [2.75, 3.05) is 32.0 Å². The molecule has 0 aliphatic carbocycles. The summed E-state index contributed by atoms with van der Waals surface area (Å²) in [5.41, 5.74) is 0. The van der Waals surface area contributed by atoms with Crippen LogP contribution in [0.25, 0.3) is 0 Å². The predicted molar refractivity (Wildman–Crippen MR) is 44.8 cm³/mol. The minimum atomic E-state index is 1.25. The Morgan fingerprint density at radius 1 is 1.33 bits per heavy atom. The minimum Gasteiger partial charge on any atom is -0.303 e. The first kappa shape index (κ1) is 7.50. The lowest BCUT2D eigenvalue weighted by molar-refractivity contribution is 0.302. The molecule has 54 valence electrons. The van der Waals surface area contributed by atoms with E-state index in [4.69, 9.17) is 0 Å². The normalized spacial score (nSPS) is 22.3. The van der Waals surface area contributed by atoms with E-state index in [1.54, 1.807) is 0 Å². The van der Waals surface area contributed by atoms with Gasteiger partial charge in [0.1, 0.15) is 0 Å². The van der Waals surface area contributed by atoms with Gasteiger partial charge in [-0.15, -0.1) is 8.58 Å². The highest BCUT2D eigenvalue weighted by Gasteiger charge is 2.06. The lowest BCUT2D eigenvalue weighted by Gasteiger charge is -2.25. The SMILES string of the molecule is CCCN1CCPCC1. The summed E-state index contributed by atoms with van der Waals surface area (Å²) >= 11 is 0. The van der Waals surface area contributed by atoms with Crippen molar-refractivity contribution < 1.29 is 0 Å². The molecule has 1 nitrogen and oxygen atoms in total. The number of nitrogens with zero attached hydrogens (tertiary/aromatic N) is 1. The van der Waals surface area contributed by atoms with Crippen LogP contribution in [-0.2, 0) is 0 Å². The Morgan fingerprint density at radius 2 is 2.00 bits per heavy atom. The van der Waals surface area contributed by atoms with Gasteiger partial charge in [-0.2, -0.15) is 0 Å². The monoisotopic (exact) mass is 145 g/mol. The van der Waals surface area contributed by atoms with Gasteiger partial charge in [0, 0.05) is 13.1 Å². The van der Waals surface area contributed by atoms with Crippen LogP contribution in [0.4, 0.5) is 0 Å². The Bertz CT molecular complexity index is 66.6. The van der Waals surface area contributed by atoms with Crippen LogP contribution in [0.5, 0.6) is 0 Å². The summed E-state index contributed by atoms with van der Waals surface area (Å²) in [5, 5.41) is 0. The lowest BCUT2D eigenvalue weighted by Crippen LogP contribution is -2.32. The van der Waals surface area contributed by atoms with E-state index in [2.05, 4.69) is 11.8 Å². The third-order valence-electron chi connectivity index (χ3n) is 1.75. The number of rotatable bonds is 2. The molecule has 2 heteroatoms. The third kappa shape index (κ3) is 2.64. The zero-order valence-corrected chi connectivity index (χ0v) is 7.19.